The van der Waals surface area contributed by atoms with E-state index in [9.17, 15) is 23.5 Å². The van der Waals surface area contributed by atoms with Crippen LogP contribution >= 0.6 is 0 Å². The van der Waals surface area contributed by atoms with E-state index in [4.69, 9.17) is 4.74 Å². The number of aliphatic hydroxyl groups is 1. The molecule has 0 radical (unpaired) electrons. The van der Waals surface area contributed by atoms with Crippen LogP contribution < -0.4 is 10.6 Å². The summed E-state index contributed by atoms with van der Waals surface area (Å²) in [6, 6.07) is 9.58. The molecule has 3 aromatic rings. The van der Waals surface area contributed by atoms with Crippen molar-refractivity contribution >= 4 is 23.4 Å². The lowest BCUT2D eigenvalue weighted by Gasteiger charge is -2.21. The summed E-state index contributed by atoms with van der Waals surface area (Å²) in [6.07, 6.45) is 0. The number of hydrogen-bond donors (Lipinski definition) is 3. The average Bonchev–Trinajstić information content (AvgIpc) is 3.15. The highest BCUT2D eigenvalue weighted by Crippen LogP contribution is 2.31. The molecule has 1 aliphatic rings. The number of carbonyl (C=O) groups is 2. The molecule has 1 amide bonds. The Bertz CT molecular complexity index is 1230. The summed E-state index contributed by atoms with van der Waals surface area (Å²) in [5.41, 5.74) is -1.02. The van der Waals surface area contributed by atoms with Crippen molar-refractivity contribution in [1.29, 1.82) is 0 Å². The molecule has 10 heteroatoms. The van der Waals surface area contributed by atoms with Crippen molar-refractivity contribution in [3.05, 3.63) is 70.9 Å². The maximum Gasteiger partial charge on any atom is 0.342 e. The van der Waals surface area contributed by atoms with Crippen molar-refractivity contribution in [3.8, 4) is 11.4 Å². The zero-order valence-corrected chi connectivity index (χ0v) is 17.8. The van der Waals surface area contributed by atoms with Gasteiger partial charge >= 0.3 is 5.97 Å². The van der Waals surface area contributed by atoms with Crippen LogP contribution in [0.25, 0.3) is 11.4 Å². The smallest absolute Gasteiger partial charge is 0.342 e. The van der Waals surface area contributed by atoms with E-state index in [1.807, 2.05) is 0 Å². The molecule has 1 unspecified atom stereocenters. The first-order valence-electron chi connectivity index (χ1n) is 10.1. The molecule has 0 aliphatic carbocycles. The van der Waals surface area contributed by atoms with Crippen molar-refractivity contribution in [2.75, 3.05) is 11.9 Å². The van der Waals surface area contributed by atoms with Crippen molar-refractivity contribution in [3.63, 3.8) is 0 Å². The number of nitrogens with zero attached hydrogens (tertiary/aromatic N) is 2. The van der Waals surface area contributed by atoms with E-state index >= 15 is 0 Å². The molecule has 0 fully saturated rings. The Morgan fingerprint density at radius 1 is 1.15 bits per heavy atom. The maximum absolute atomic E-state index is 14.3. The van der Waals surface area contributed by atoms with Crippen LogP contribution in [0.1, 0.15) is 35.5 Å². The van der Waals surface area contributed by atoms with Crippen molar-refractivity contribution in [2.24, 2.45) is 0 Å². The lowest BCUT2D eigenvalue weighted by atomic mass is 9.96. The zero-order chi connectivity index (χ0) is 23.8. The van der Waals surface area contributed by atoms with Gasteiger partial charge < -0.3 is 20.5 Å². The fourth-order valence-corrected chi connectivity index (χ4v) is 3.44. The molecule has 33 heavy (non-hydrogen) atoms. The number of fused-ring (bicyclic) bond motifs is 1. The fraction of sp³-hybridized carbons (Fsp3) is 0.217. The van der Waals surface area contributed by atoms with E-state index in [0.29, 0.717) is 16.9 Å². The van der Waals surface area contributed by atoms with E-state index in [2.05, 4.69) is 20.6 Å². The normalized spacial score (nSPS) is 14.3. The standard InChI is InChI=1S/C23H20F2N4O4/c1-3-33-22(31)23(2,32)12-7-9-13(10-8-12)27-20-18-16(11-26-21(18)30)28-19(29-20)17-14(24)5-4-6-15(17)25/h4-10,32H,3,11H2,1-2H3,(H,26,30)(H,27,28,29). The highest BCUT2D eigenvalue weighted by molar-refractivity contribution is 6.03. The number of aromatic nitrogens is 2. The Kier molecular flexibility index (Phi) is 5.77. The Hall–Kier alpha value is -3.92. The van der Waals surface area contributed by atoms with Gasteiger partial charge in [-0.15, -0.1) is 0 Å². The summed E-state index contributed by atoms with van der Waals surface area (Å²) in [7, 11) is 0. The lowest BCUT2D eigenvalue weighted by molar-refractivity contribution is -0.164. The minimum Gasteiger partial charge on any atom is -0.464 e. The largest absolute Gasteiger partial charge is 0.464 e. The summed E-state index contributed by atoms with van der Waals surface area (Å²) in [5, 5.41) is 16.1. The monoisotopic (exact) mass is 454 g/mol. The van der Waals surface area contributed by atoms with E-state index < -0.39 is 34.7 Å². The zero-order valence-electron chi connectivity index (χ0n) is 17.8. The molecule has 8 nitrogen and oxygen atoms in total. The van der Waals surface area contributed by atoms with Gasteiger partial charge in [0, 0.05) is 5.69 Å². The van der Waals surface area contributed by atoms with Crippen LogP contribution in [0, 0.1) is 11.6 Å². The number of benzene rings is 2. The van der Waals surface area contributed by atoms with Crippen molar-refractivity contribution < 1.29 is 28.2 Å². The van der Waals surface area contributed by atoms with Crippen LogP contribution in [0.2, 0.25) is 0 Å². The predicted octanol–water partition coefficient (Wildman–Crippen LogP) is 3.18. The second kappa shape index (κ2) is 8.55. The molecule has 170 valence electrons. The molecule has 3 N–H and O–H groups in total. The first kappa shape index (κ1) is 22.3. The number of amides is 1. The molecular weight excluding hydrogens is 434 g/mol. The minimum atomic E-state index is -1.85. The quantitative estimate of drug-likeness (QED) is 0.490. The van der Waals surface area contributed by atoms with E-state index in [1.54, 1.807) is 19.1 Å². The van der Waals surface area contributed by atoms with Gasteiger partial charge in [-0.3, -0.25) is 4.79 Å². The van der Waals surface area contributed by atoms with Gasteiger partial charge in [-0.2, -0.15) is 0 Å². The topological polar surface area (TPSA) is 113 Å². The number of ether oxygens (including phenoxy) is 1. The highest BCUT2D eigenvalue weighted by atomic mass is 19.1. The van der Waals surface area contributed by atoms with Crippen LogP contribution in [-0.4, -0.2) is 33.6 Å². The van der Waals surface area contributed by atoms with Crippen molar-refractivity contribution in [2.45, 2.75) is 26.0 Å². The molecule has 2 aromatic carbocycles. The second-order valence-electron chi connectivity index (χ2n) is 7.49. The van der Waals surface area contributed by atoms with E-state index in [1.165, 1.54) is 25.1 Å². The molecule has 2 heterocycles. The highest BCUT2D eigenvalue weighted by Gasteiger charge is 2.34. The molecule has 0 saturated heterocycles. The van der Waals surface area contributed by atoms with E-state index in [0.717, 1.165) is 12.1 Å². The Labute approximate surface area is 187 Å². The third-order valence-corrected chi connectivity index (χ3v) is 5.20. The lowest BCUT2D eigenvalue weighted by Crippen LogP contribution is -2.34. The predicted molar refractivity (Wildman–Crippen MR) is 114 cm³/mol. The van der Waals surface area contributed by atoms with Crippen LogP contribution in [0.5, 0.6) is 0 Å². The molecule has 1 aliphatic heterocycles. The summed E-state index contributed by atoms with van der Waals surface area (Å²) in [4.78, 5) is 32.7. The summed E-state index contributed by atoms with van der Waals surface area (Å²) >= 11 is 0. The summed E-state index contributed by atoms with van der Waals surface area (Å²) < 4.78 is 33.5. The third kappa shape index (κ3) is 4.12. The molecule has 1 atom stereocenters. The number of anilines is 2. The minimum absolute atomic E-state index is 0.0672. The van der Waals surface area contributed by atoms with Gasteiger partial charge in [0.25, 0.3) is 5.91 Å². The first-order chi connectivity index (χ1) is 15.7. The molecule has 4 rings (SSSR count). The maximum atomic E-state index is 14.3. The Balaban J connectivity index is 1.71. The number of halogens is 2. The van der Waals surface area contributed by atoms with Gasteiger partial charge in [0.15, 0.2) is 11.4 Å². The number of nitrogens with one attached hydrogen (secondary N) is 2. The van der Waals surface area contributed by atoms with Crippen LogP contribution in [-0.2, 0) is 21.7 Å². The first-order valence-corrected chi connectivity index (χ1v) is 10.1. The molecular formula is C23H20F2N4O4. The average molecular weight is 454 g/mol. The second-order valence-corrected chi connectivity index (χ2v) is 7.49. The summed E-state index contributed by atoms with van der Waals surface area (Å²) in [5.74, 6) is -3.00. The van der Waals surface area contributed by atoms with Gasteiger partial charge in [-0.1, -0.05) is 18.2 Å². The number of hydrogen-bond acceptors (Lipinski definition) is 7. The Morgan fingerprint density at radius 2 is 1.82 bits per heavy atom. The molecule has 0 spiro atoms. The van der Waals surface area contributed by atoms with Gasteiger partial charge in [0.1, 0.15) is 23.0 Å². The molecule has 0 saturated carbocycles. The SMILES string of the molecule is CCOC(=O)C(C)(O)c1ccc(Nc2nc(-c3c(F)cccc3F)nc3c2C(=O)NC3)cc1. The van der Waals surface area contributed by atoms with Gasteiger partial charge in [0.2, 0.25) is 0 Å². The van der Waals surface area contributed by atoms with Crippen LogP contribution in [0.3, 0.4) is 0 Å². The van der Waals surface area contributed by atoms with E-state index in [-0.39, 0.29) is 30.4 Å². The van der Waals surface area contributed by atoms with Crippen LogP contribution in [0.15, 0.2) is 42.5 Å². The molecule has 1 aromatic heterocycles. The fourth-order valence-electron chi connectivity index (χ4n) is 3.44. The molecule has 0 bridgehead atoms. The number of rotatable bonds is 6. The van der Waals surface area contributed by atoms with Crippen LogP contribution in [0.4, 0.5) is 20.3 Å². The van der Waals surface area contributed by atoms with Crippen molar-refractivity contribution in [1.82, 2.24) is 15.3 Å². The summed E-state index contributed by atoms with van der Waals surface area (Å²) in [6.45, 7) is 3.18. The third-order valence-electron chi connectivity index (χ3n) is 5.20. The van der Waals surface area contributed by atoms with Gasteiger partial charge in [-0.05, 0) is 43.7 Å². The van der Waals surface area contributed by atoms with Gasteiger partial charge in [0.05, 0.1) is 24.4 Å². The number of esters is 1. The number of carbonyl (C=O) groups excluding carboxylic acids is 2. The Morgan fingerprint density at radius 3 is 2.45 bits per heavy atom. The van der Waals surface area contributed by atoms with Gasteiger partial charge in [-0.25, -0.2) is 23.5 Å².